The van der Waals surface area contributed by atoms with E-state index in [0.29, 0.717) is 28.5 Å². The van der Waals surface area contributed by atoms with Crippen LogP contribution in [0.1, 0.15) is 23.2 Å². The molecule has 0 spiro atoms. The first-order valence-electron chi connectivity index (χ1n) is 6.74. The Balaban J connectivity index is 1.84. The largest absolute Gasteiger partial charge is 0.493 e. The van der Waals surface area contributed by atoms with E-state index in [0.717, 1.165) is 5.39 Å². The van der Waals surface area contributed by atoms with Crippen LogP contribution >= 0.6 is 0 Å². The molecule has 0 atom stereocenters. The minimum Gasteiger partial charge on any atom is -0.493 e. The normalized spacial score (nSPS) is 11.6. The Bertz CT molecular complexity index is 832. The van der Waals surface area contributed by atoms with Crippen molar-refractivity contribution >= 4 is 22.6 Å². The average Bonchev–Trinajstić information content (AvgIpc) is 3.20. The number of para-hydroxylation sites is 1. The summed E-state index contributed by atoms with van der Waals surface area (Å²) in [6, 6.07) is 10.9. The van der Waals surface area contributed by atoms with Crippen LogP contribution in [0.5, 0.6) is 5.75 Å². The van der Waals surface area contributed by atoms with Crippen molar-refractivity contribution in [2.24, 2.45) is 5.10 Å². The summed E-state index contributed by atoms with van der Waals surface area (Å²) < 4.78 is 11.0. The van der Waals surface area contributed by atoms with Gasteiger partial charge in [-0.25, -0.2) is 5.43 Å². The summed E-state index contributed by atoms with van der Waals surface area (Å²) in [6.07, 6.45) is 1.68. The maximum absolute atomic E-state index is 11.8. The molecular formula is C16H15N3O3. The molecule has 1 aromatic carbocycles. The monoisotopic (exact) mass is 297 g/mol. The number of fused-ring (bicyclic) bond motifs is 1. The van der Waals surface area contributed by atoms with Crippen molar-refractivity contribution in [1.29, 1.82) is 0 Å². The number of nitrogens with zero attached hydrogens (tertiary/aromatic N) is 1. The van der Waals surface area contributed by atoms with Crippen LogP contribution in [0.2, 0.25) is 0 Å². The van der Waals surface area contributed by atoms with E-state index in [1.54, 1.807) is 32.4 Å². The van der Waals surface area contributed by atoms with Gasteiger partial charge >= 0.3 is 0 Å². The van der Waals surface area contributed by atoms with E-state index in [9.17, 15) is 4.79 Å². The first kappa shape index (κ1) is 13.9. The van der Waals surface area contributed by atoms with Gasteiger partial charge in [0, 0.05) is 11.6 Å². The van der Waals surface area contributed by atoms with E-state index in [1.165, 1.54) is 0 Å². The third kappa shape index (κ3) is 2.58. The number of carbonyl (C=O) groups excluding carboxylic acids is 1. The van der Waals surface area contributed by atoms with Crippen molar-refractivity contribution in [1.82, 2.24) is 10.4 Å². The smallest absolute Gasteiger partial charge is 0.287 e. The second-order valence-electron chi connectivity index (χ2n) is 4.71. The number of aromatic amines is 1. The summed E-state index contributed by atoms with van der Waals surface area (Å²) in [5.74, 6) is 0.927. The standard InChI is InChI=1S/C16H15N3O3/c1-10(18-19-16(20)12-6-4-8-17-12)14-9-11-5-3-7-13(21-2)15(11)22-14/h3-9,17H,1-2H3,(H,19,20)/b18-10-. The average molecular weight is 297 g/mol. The molecule has 0 saturated carbocycles. The van der Waals surface area contributed by atoms with E-state index in [-0.39, 0.29) is 5.91 Å². The van der Waals surface area contributed by atoms with E-state index >= 15 is 0 Å². The third-order valence-electron chi connectivity index (χ3n) is 3.25. The van der Waals surface area contributed by atoms with Crippen molar-refractivity contribution < 1.29 is 13.9 Å². The molecule has 0 aliphatic carbocycles. The van der Waals surface area contributed by atoms with Crippen LogP contribution in [0.25, 0.3) is 11.0 Å². The minimum absolute atomic E-state index is 0.307. The van der Waals surface area contributed by atoms with Gasteiger partial charge in [0.15, 0.2) is 17.1 Å². The molecule has 0 aliphatic heterocycles. The predicted molar refractivity (Wildman–Crippen MR) is 83.2 cm³/mol. The Hall–Kier alpha value is -3.02. The summed E-state index contributed by atoms with van der Waals surface area (Å²) in [4.78, 5) is 14.6. The van der Waals surface area contributed by atoms with Gasteiger partial charge in [-0.05, 0) is 31.2 Å². The van der Waals surface area contributed by atoms with Crippen molar-refractivity contribution in [2.45, 2.75) is 6.92 Å². The number of carbonyl (C=O) groups is 1. The summed E-state index contributed by atoms with van der Waals surface area (Å²) >= 11 is 0. The Labute approximate surface area is 126 Å². The number of hydrogen-bond donors (Lipinski definition) is 2. The molecule has 0 radical (unpaired) electrons. The van der Waals surface area contributed by atoms with Crippen LogP contribution in [0.3, 0.4) is 0 Å². The highest BCUT2D eigenvalue weighted by atomic mass is 16.5. The maximum atomic E-state index is 11.8. The van der Waals surface area contributed by atoms with Gasteiger partial charge in [0.05, 0.1) is 7.11 Å². The SMILES string of the molecule is COc1cccc2cc(/C(C)=N\NC(=O)c3ccc[nH]3)oc12. The second kappa shape index (κ2) is 5.77. The molecule has 2 heterocycles. The first-order chi connectivity index (χ1) is 10.7. The fourth-order valence-corrected chi connectivity index (χ4v) is 2.10. The molecule has 0 fully saturated rings. The van der Waals surface area contributed by atoms with Crippen molar-refractivity contribution in [3.05, 3.63) is 54.0 Å². The van der Waals surface area contributed by atoms with Gasteiger partial charge in [-0.15, -0.1) is 0 Å². The number of aromatic nitrogens is 1. The number of amides is 1. The predicted octanol–water partition coefficient (Wildman–Crippen LogP) is 2.92. The summed E-state index contributed by atoms with van der Waals surface area (Å²) in [6.45, 7) is 1.76. The lowest BCUT2D eigenvalue weighted by Gasteiger charge is -2.00. The lowest BCUT2D eigenvalue weighted by atomic mass is 10.2. The van der Waals surface area contributed by atoms with Crippen LogP contribution in [-0.2, 0) is 0 Å². The number of hydrazone groups is 1. The zero-order valence-electron chi connectivity index (χ0n) is 12.2. The molecule has 0 bridgehead atoms. The fourth-order valence-electron chi connectivity index (χ4n) is 2.10. The van der Waals surface area contributed by atoms with E-state index in [4.69, 9.17) is 9.15 Å². The molecule has 3 aromatic rings. The molecule has 112 valence electrons. The van der Waals surface area contributed by atoms with Crippen LogP contribution in [0.4, 0.5) is 0 Å². The van der Waals surface area contributed by atoms with Crippen LogP contribution in [-0.4, -0.2) is 23.7 Å². The zero-order chi connectivity index (χ0) is 15.5. The number of nitrogens with one attached hydrogen (secondary N) is 2. The number of rotatable bonds is 4. The highest BCUT2D eigenvalue weighted by molar-refractivity contribution is 6.01. The molecule has 2 N–H and O–H groups in total. The van der Waals surface area contributed by atoms with Gasteiger partial charge in [-0.3, -0.25) is 4.79 Å². The Kier molecular flexibility index (Phi) is 3.65. The highest BCUT2D eigenvalue weighted by Gasteiger charge is 2.11. The third-order valence-corrected chi connectivity index (χ3v) is 3.25. The Morgan fingerprint density at radius 1 is 1.32 bits per heavy atom. The van der Waals surface area contributed by atoms with Gasteiger partial charge in [-0.2, -0.15) is 5.10 Å². The van der Waals surface area contributed by atoms with Crippen LogP contribution in [0, 0.1) is 0 Å². The molecule has 6 nitrogen and oxygen atoms in total. The van der Waals surface area contributed by atoms with Gasteiger partial charge in [-0.1, -0.05) is 12.1 Å². The summed E-state index contributed by atoms with van der Waals surface area (Å²) in [5, 5.41) is 4.98. The van der Waals surface area contributed by atoms with Gasteiger partial charge < -0.3 is 14.1 Å². The molecule has 22 heavy (non-hydrogen) atoms. The molecule has 3 rings (SSSR count). The maximum Gasteiger partial charge on any atom is 0.287 e. The summed E-state index contributed by atoms with van der Waals surface area (Å²) in [5.41, 5.74) is 4.16. The minimum atomic E-state index is -0.307. The molecule has 2 aromatic heterocycles. The molecular weight excluding hydrogens is 282 g/mol. The van der Waals surface area contributed by atoms with E-state index in [1.807, 2.05) is 24.3 Å². The number of benzene rings is 1. The van der Waals surface area contributed by atoms with Crippen LogP contribution in [0.15, 0.2) is 52.1 Å². The van der Waals surface area contributed by atoms with Crippen LogP contribution < -0.4 is 10.2 Å². The number of ether oxygens (including phenoxy) is 1. The highest BCUT2D eigenvalue weighted by Crippen LogP contribution is 2.28. The zero-order valence-corrected chi connectivity index (χ0v) is 12.2. The molecule has 0 aliphatic rings. The van der Waals surface area contributed by atoms with Crippen molar-refractivity contribution in [3.63, 3.8) is 0 Å². The number of furan rings is 1. The number of H-pyrrole nitrogens is 1. The Morgan fingerprint density at radius 3 is 2.91 bits per heavy atom. The number of methoxy groups -OCH3 is 1. The van der Waals surface area contributed by atoms with E-state index < -0.39 is 0 Å². The fraction of sp³-hybridized carbons (Fsp3) is 0.125. The summed E-state index contributed by atoms with van der Waals surface area (Å²) in [7, 11) is 1.59. The number of hydrogen-bond acceptors (Lipinski definition) is 4. The first-order valence-corrected chi connectivity index (χ1v) is 6.74. The lowest BCUT2D eigenvalue weighted by molar-refractivity contribution is 0.0950. The molecule has 1 amide bonds. The molecule has 6 heteroatoms. The lowest BCUT2D eigenvalue weighted by Crippen LogP contribution is -2.19. The van der Waals surface area contributed by atoms with Crippen molar-refractivity contribution in [2.75, 3.05) is 7.11 Å². The van der Waals surface area contributed by atoms with Gasteiger partial charge in [0.1, 0.15) is 11.4 Å². The van der Waals surface area contributed by atoms with Crippen molar-refractivity contribution in [3.8, 4) is 5.75 Å². The Morgan fingerprint density at radius 2 is 2.18 bits per heavy atom. The second-order valence-corrected chi connectivity index (χ2v) is 4.71. The molecule has 0 saturated heterocycles. The quantitative estimate of drug-likeness (QED) is 0.574. The van der Waals surface area contributed by atoms with Gasteiger partial charge in [0.2, 0.25) is 0 Å². The topological polar surface area (TPSA) is 79.6 Å². The van der Waals surface area contributed by atoms with E-state index in [2.05, 4.69) is 15.5 Å². The van der Waals surface area contributed by atoms with Gasteiger partial charge in [0.25, 0.3) is 5.91 Å². The molecule has 0 unspecified atom stereocenters.